The lowest BCUT2D eigenvalue weighted by atomic mass is 10.2. The van der Waals surface area contributed by atoms with Crippen molar-refractivity contribution in [3.8, 4) is 0 Å². The minimum Gasteiger partial charge on any atom is -0.378 e. The molecule has 1 saturated heterocycles. The zero-order valence-electron chi connectivity index (χ0n) is 12.3. The van der Waals surface area contributed by atoms with Gasteiger partial charge in [0.05, 0.1) is 13.2 Å². The molecule has 0 unspecified atom stereocenters. The number of hydrogen-bond donors (Lipinski definition) is 1. The first-order valence-electron chi connectivity index (χ1n) is 7.03. The number of rotatable bonds is 4. The number of nitrogens with zero attached hydrogens (tertiary/aromatic N) is 3. The number of morpholine rings is 1. The molecule has 0 spiro atoms. The predicted molar refractivity (Wildman–Crippen MR) is 76.8 cm³/mol. The maximum atomic E-state index is 12.4. The first-order chi connectivity index (χ1) is 9.56. The van der Waals surface area contributed by atoms with Gasteiger partial charge in [-0.1, -0.05) is 13.8 Å². The molecule has 0 radical (unpaired) electrons. The summed E-state index contributed by atoms with van der Waals surface area (Å²) in [5.74, 6) is 1.79. The van der Waals surface area contributed by atoms with E-state index in [4.69, 9.17) is 4.74 Å². The van der Waals surface area contributed by atoms with Gasteiger partial charge >= 0.3 is 0 Å². The number of ether oxygens (including phenoxy) is 1. The molecule has 1 N–H and O–H groups in total. The summed E-state index contributed by atoms with van der Waals surface area (Å²) in [4.78, 5) is 22.7. The summed E-state index contributed by atoms with van der Waals surface area (Å²) in [6.45, 7) is 9.30. The van der Waals surface area contributed by atoms with E-state index in [0.29, 0.717) is 49.6 Å². The Bertz CT molecular complexity index is 470. The molecule has 0 aromatic carbocycles. The Morgan fingerprint density at radius 2 is 2.10 bits per heavy atom. The van der Waals surface area contributed by atoms with Crippen molar-refractivity contribution >= 4 is 11.7 Å². The molecule has 0 saturated carbocycles. The quantitative estimate of drug-likeness (QED) is 0.900. The summed E-state index contributed by atoms with van der Waals surface area (Å²) in [6.07, 6.45) is 0. The molecular formula is C14H22N4O2. The molecule has 0 bridgehead atoms. The molecule has 0 aliphatic carbocycles. The highest BCUT2D eigenvalue weighted by molar-refractivity contribution is 5.93. The van der Waals surface area contributed by atoms with E-state index in [2.05, 4.69) is 29.1 Å². The number of aromatic nitrogens is 2. The monoisotopic (exact) mass is 278 g/mol. The van der Waals surface area contributed by atoms with Crippen LogP contribution in [0.15, 0.2) is 6.07 Å². The highest BCUT2D eigenvalue weighted by Gasteiger charge is 2.20. The van der Waals surface area contributed by atoms with Crippen LogP contribution in [0, 0.1) is 12.8 Å². The molecule has 20 heavy (non-hydrogen) atoms. The van der Waals surface area contributed by atoms with Gasteiger partial charge in [-0.05, 0) is 12.8 Å². The number of carbonyl (C=O) groups is 1. The summed E-state index contributed by atoms with van der Waals surface area (Å²) >= 11 is 0. The van der Waals surface area contributed by atoms with Crippen molar-refractivity contribution in [3.63, 3.8) is 0 Å². The highest BCUT2D eigenvalue weighted by atomic mass is 16.5. The molecule has 0 atom stereocenters. The summed E-state index contributed by atoms with van der Waals surface area (Å²) in [7, 11) is 0. The smallest absolute Gasteiger partial charge is 0.272 e. The van der Waals surface area contributed by atoms with E-state index in [9.17, 15) is 4.79 Å². The van der Waals surface area contributed by atoms with E-state index in [1.54, 1.807) is 17.9 Å². The standard InChI is InChI=1S/C14H22N4O2/c1-10(2)9-15-13-8-12(16-11(3)17-13)14(19)18-4-6-20-7-5-18/h8,10H,4-7,9H2,1-3H3,(H,15,16,17). The molecule has 1 amide bonds. The summed E-state index contributed by atoms with van der Waals surface area (Å²) in [5, 5.41) is 3.24. The highest BCUT2D eigenvalue weighted by Crippen LogP contribution is 2.11. The number of aryl methyl sites for hydroxylation is 1. The number of carbonyl (C=O) groups excluding carboxylic acids is 1. The first-order valence-corrected chi connectivity index (χ1v) is 7.03. The van der Waals surface area contributed by atoms with Gasteiger partial charge in [0.2, 0.25) is 0 Å². The Hall–Kier alpha value is -1.69. The minimum absolute atomic E-state index is 0.0496. The maximum Gasteiger partial charge on any atom is 0.272 e. The predicted octanol–water partition coefficient (Wildman–Crippen LogP) is 1.33. The van der Waals surface area contributed by atoms with Gasteiger partial charge in [0.25, 0.3) is 5.91 Å². The van der Waals surface area contributed by atoms with Gasteiger partial charge in [-0.2, -0.15) is 0 Å². The lowest BCUT2D eigenvalue weighted by Gasteiger charge is -2.26. The van der Waals surface area contributed by atoms with Crippen molar-refractivity contribution in [2.45, 2.75) is 20.8 Å². The maximum absolute atomic E-state index is 12.4. The Labute approximate surface area is 119 Å². The fourth-order valence-electron chi connectivity index (χ4n) is 2.00. The zero-order valence-corrected chi connectivity index (χ0v) is 12.3. The van der Waals surface area contributed by atoms with Gasteiger partial charge in [-0.3, -0.25) is 4.79 Å². The molecule has 6 nitrogen and oxygen atoms in total. The number of hydrogen-bond acceptors (Lipinski definition) is 5. The molecule has 1 fully saturated rings. The van der Waals surface area contributed by atoms with E-state index in [1.807, 2.05) is 0 Å². The fourth-order valence-corrected chi connectivity index (χ4v) is 2.00. The molecule has 6 heteroatoms. The lowest BCUT2D eigenvalue weighted by molar-refractivity contribution is 0.0299. The Morgan fingerprint density at radius 1 is 1.40 bits per heavy atom. The SMILES string of the molecule is Cc1nc(NCC(C)C)cc(C(=O)N2CCOCC2)n1. The van der Waals surface area contributed by atoms with Crippen molar-refractivity contribution in [2.75, 3.05) is 38.2 Å². The Kier molecular flexibility index (Phi) is 4.89. The topological polar surface area (TPSA) is 67.4 Å². The summed E-state index contributed by atoms with van der Waals surface area (Å²) in [5.41, 5.74) is 0.450. The Balaban J connectivity index is 2.11. The van der Waals surface area contributed by atoms with Crippen LogP contribution in [-0.4, -0.2) is 53.6 Å². The molecule has 1 aromatic heterocycles. The number of nitrogens with one attached hydrogen (secondary N) is 1. The second-order valence-electron chi connectivity index (χ2n) is 5.36. The van der Waals surface area contributed by atoms with Crippen LogP contribution in [0.1, 0.15) is 30.2 Å². The van der Waals surface area contributed by atoms with E-state index < -0.39 is 0 Å². The van der Waals surface area contributed by atoms with Crippen molar-refractivity contribution in [3.05, 3.63) is 17.6 Å². The van der Waals surface area contributed by atoms with Crippen molar-refractivity contribution in [1.82, 2.24) is 14.9 Å². The zero-order chi connectivity index (χ0) is 14.5. The molecule has 1 aliphatic rings. The molecular weight excluding hydrogens is 256 g/mol. The van der Waals surface area contributed by atoms with Gasteiger partial charge in [0.15, 0.2) is 0 Å². The molecule has 2 heterocycles. The minimum atomic E-state index is -0.0496. The number of anilines is 1. The van der Waals surface area contributed by atoms with E-state index in [0.717, 1.165) is 6.54 Å². The van der Waals surface area contributed by atoms with Crippen LogP contribution >= 0.6 is 0 Å². The summed E-state index contributed by atoms with van der Waals surface area (Å²) in [6, 6.07) is 1.73. The average Bonchev–Trinajstić information content (AvgIpc) is 2.44. The third-order valence-corrected chi connectivity index (χ3v) is 3.05. The van der Waals surface area contributed by atoms with Crippen LogP contribution in [0.25, 0.3) is 0 Å². The lowest BCUT2D eigenvalue weighted by Crippen LogP contribution is -2.41. The van der Waals surface area contributed by atoms with Crippen molar-refractivity contribution in [1.29, 1.82) is 0 Å². The van der Waals surface area contributed by atoms with Gasteiger partial charge in [0.1, 0.15) is 17.3 Å². The average molecular weight is 278 g/mol. The van der Waals surface area contributed by atoms with Crippen LogP contribution in [0.5, 0.6) is 0 Å². The molecule has 110 valence electrons. The normalized spacial score (nSPS) is 15.5. The van der Waals surface area contributed by atoms with Crippen molar-refractivity contribution < 1.29 is 9.53 Å². The van der Waals surface area contributed by atoms with Crippen LogP contribution in [0.2, 0.25) is 0 Å². The molecule has 1 aromatic rings. The molecule has 1 aliphatic heterocycles. The third kappa shape index (κ3) is 3.90. The van der Waals surface area contributed by atoms with Crippen LogP contribution in [-0.2, 0) is 4.74 Å². The van der Waals surface area contributed by atoms with E-state index >= 15 is 0 Å². The number of amides is 1. The van der Waals surface area contributed by atoms with Gasteiger partial charge in [-0.15, -0.1) is 0 Å². The van der Waals surface area contributed by atoms with E-state index in [1.165, 1.54) is 0 Å². The van der Waals surface area contributed by atoms with Crippen molar-refractivity contribution in [2.24, 2.45) is 5.92 Å². The second kappa shape index (κ2) is 6.65. The fraction of sp³-hybridized carbons (Fsp3) is 0.643. The summed E-state index contributed by atoms with van der Waals surface area (Å²) < 4.78 is 5.26. The first kappa shape index (κ1) is 14.7. The van der Waals surface area contributed by atoms with Crippen LogP contribution in [0.4, 0.5) is 5.82 Å². The van der Waals surface area contributed by atoms with Crippen LogP contribution < -0.4 is 5.32 Å². The Morgan fingerprint density at radius 3 is 2.75 bits per heavy atom. The van der Waals surface area contributed by atoms with Crippen LogP contribution in [0.3, 0.4) is 0 Å². The largest absolute Gasteiger partial charge is 0.378 e. The van der Waals surface area contributed by atoms with E-state index in [-0.39, 0.29) is 5.91 Å². The van der Waals surface area contributed by atoms with Gasteiger partial charge < -0.3 is 15.0 Å². The molecule has 2 rings (SSSR count). The third-order valence-electron chi connectivity index (χ3n) is 3.05. The van der Waals surface area contributed by atoms with Gasteiger partial charge in [-0.25, -0.2) is 9.97 Å². The second-order valence-corrected chi connectivity index (χ2v) is 5.36. The van der Waals surface area contributed by atoms with Gasteiger partial charge in [0, 0.05) is 25.7 Å².